The lowest BCUT2D eigenvalue weighted by Crippen LogP contribution is -2.04. The summed E-state index contributed by atoms with van der Waals surface area (Å²) in [7, 11) is 0. The van der Waals surface area contributed by atoms with E-state index >= 15 is 0 Å². The molecule has 0 heterocycles. The molecule has 0 aromatic rings. The van der Waals surface area contributed by atoms with Crippen molar-refractivity contribution in [2.24, 2.45) is 0 Å². The normalized spacial score (nSPS) is 29.1. The predicted octanol–water partition coefficient (Wildman–Crippen LogP) is 3.76. The number of hydrogen-bond acceptors (Lipinski definition) is 1. The van der Waals surface area contributed by atoms with Gasteiger partial charge in [0.15, 0.2) is 0 Å². The first-order chi connectivity index (χ1) is 7.30. The maximum Gasteiger partial charge on any atom is 0.0722 e. The van der Waals surface area contributed by atoms with Gasteiger partial charge in [-0.15, -0.1) is 0 Å². The Kier molecular flexibility index (Phi) is 6.10. The van der Waals surface area contributed by atoms with Gasteiger partial charge in [0.1, 0.15) is 0 Å². The SMILES string of the molecule is CC(O)/C1=C\CC/C=C/CC/C=C/CC1. The summed E-state index contributed by atoms with van der Waals surface area (Å²) in [6, 6.07) is 0. The summed E-state index contributed by atoms with van der Waals surface area (Å²) in [4.78, 5) is 0. The number of rotatable bonds is 1. The van der Waals surface area contributed by atoms with Crippen LogP contribution in [-0.4, -0.2) is 11.2 Å². The lowest BCUT2D eigenvalue weighted by molar-refractivity contribution is 0.226. The molecule has 1 nitrogen and oxygen atoms in total. The van der Waals surface area contributed by atoms with Crippen LogP contribution < -0.4 is 0 Å². The summed E-state index contributed by atoms with van der Waals surface area (Å²) >= 11 is 0. The molecule has 0 aliphatic heterocycles. The zero-order chi connectivity index (χ0) is 10.9. The summed E-state index contributed by atoms with van der Waals surface area (Å²) < 4.78 is 0. The summed E-state index contributed by atoms with van der Waals surface area (Å²) in [6.45, 7) is 1.86. The van der Waals surface area contributed by atoms with Crippen LogP contribution in [0, 0.1) is 0 Å². The number of allylic oxidation sites excluding steroid dienone is 5. The van der Waals surface area contributed by atoms with E-state index in [4.69, 9.17) is 0 Å². The van der Waals surface area contributed by atoms with Crippen LogP contribution in [0.15, 0.2) is 36.0 Å². The highest BCUT2D eigenvalue weighted by Gasteiger charge is 2.02. The molecule has 84 valence electrons. The van der Waals surface area contributed by atoms with Gasteiger partial charge in [0.2, 0.25) is 0 Å². The van der Waals surface area contributed by atoms with Crippen molar-refractivity contribution in [2.45, 2.75) is 51.6 Å². The highest BCUT2D eigenvalue weighted by molar-refractivity contribution is 5.09. The van der Waals surface area contributed by atoms with Crippen molar-refractivity contribution in [1.29, 1.82) is 0 Å². The Balaban J connectivity index is 2.55. The zero-order valence-corrected chi connectivity index (χ0v) is 9.65. The van der Waals surface area contributed by atoms with Crippen molar-refractivity contribution in [1.82, 2.24) is 0 Å². The summed E-state index contributed by atoms with van der Waals surface area (Å²) in [6.07, 6.45) is 17.4. The maximum absolute atomic E-state index is 9.57. The van der Waals surface area contributed by atoms with Crippen LogP contribution in [0.4, 0.5) is 0 Å². The average Bonchev–Trinajstić information content (AvgIpc) is 2.18. The van der Waals surface area contributed by atoms with E-state index in [9.17, 15) is 5.11 Å². The quantitative estimate of drug-likeness (QED) is 0.648. The van der Waals surface area contributed by atoms with Crippen molar-refractivity contribution in [3.05, 3.63) is 36.0 Å². The Bertz CT molecular complexity index is 246. The van der Waals surface area contributed by atoms with Crippen LogP contribution in [-0.2, 0) is 0 Å². The van der Waals surface area contributed by atoms with Crippen LogP contribution in [0.3, 0.4) is 0 Å². The standard InChI is InChI=1S/C14H22O/c1-13(15)14-11-9-7-5-3-2-4-6-8-10-12-14/h3,5-6,8,11,13,15H,2,4,7,9-10,12H2,1H3/b5-3+,8-6+,14-11-. The highest BCUT2D eigenvalue weighted by Crippen LogP contribution is 2.14. The molecule has 0 saturated heterocycles. The third-order valence-corrected chi connectivity index (χ3v) is 2.71. The summed E-state index contributed by atoms with van der Waals surface area (Å²) in [5.41, 5.74) is 1.19. The second-order valence-electron chi connectivity index (χ2n) is 4.09. The first-order valence-corrected chi connectivity index (χ1v) is 5.97. The number of aliphatic hydroxyl groups excluding tert-OH is 1. The van der Waals surface area contributed by atoms with Crippen LogP contribution in [0.1, 0.15) is 45.4 Å². The number of hydrogen-bond donors (Lipinski definition) is 1. The van der Waals surface area contributed by atoms with Gasteiger partial charge in [-0.05, 0) is 51.0 Å². The molecule has 1 rings (SSSR count). The van der Waals surface area contributed by atoms with E-state index in [0.29, 0.717) is 0 Å². The monoisotopic (exact) mass is 206 g/mol. The van der Waals surface area contributed by atoms with E-state index in [1.54, 1.807) is 0 Å². The third kappa shape index (κ3) is 5.58. The molecular weight excluding hydrogens is 184 g/mol. The first-order valence-electron chi connectivity index (χ1n) is 5.97. The van der Waals surface area contributed by atoms with Gasteiger partial charge in [-0.1, -0.05) is 30.4 Å². The van der Waals surface area contributed by atoms with Gasteiger partial charge in [-0.2, -0.15) is 0 Å². The molecule has 1 atom stereocenters. The maximum atomic E-state index is 9.57. The summed E-state index contributed by atoms with van der Waals surface area (Å²) in [5, 5.41) is 9.57. The molecular formula is C14H22O. The molecule has 15 heavy (non-hydrogen) atoms. The van der Waals surface area contributed by atoms with Crippen LogP contribution >= 0.6 is 0 Å². The average molecular weight is 206 g/mol. The minimum atomic E-state index is -0.287. The lowest BCUT2D eigenvalue weighted by atomic mass is 10.0. The molecule has 0 radical (unpaired) electrons. The fraction of sp³-hybridized carbons (Fsp3) is 0.571. The highest BCUT2D eigenvalue weighted by atomic mass is 16.3. The second kappa shape index (κ2) is 7.47. The molecule has 0 amide bonds. The fourth-order valence-corrected chi connectivity index (χ4v) is 1.76. The Labute approximate surface area is 93.2 Å². The van der Waals surface area contributed by atoms with Gasteiger partial charge in [0, 0.05) is 0 Å². The van der Waals surface area contributed by atoms with E-state index in [1.165, 1.54) is 5.57 Å². The van der Waals surface area contributed by atoms with E-state index in [0.717, 1.165) is 38.5 Å². The van der Waals surface area contributed by atoms with Crippen molar-refractivity contribution in [3.8, 4) is 0 Å². The van der Waals surface area contributed by atoms with Gasteiger partial charge < -0.3 is 5.11 Å². The lowest BCUT2D eigenvalue weighted by Gasteiger charge is -2.09. The summed E-state index contributed by atoms with van der Waals surface area (Å²) in [5.74, 6) is 0. The van der Waals surface area contributed by atoms with Crippen LogP contribution in [0.25, 0.3) is 0 Å². The molecule has 1 aliphatic rings. The van der Waals surface area contributed by atoms with Gasteiger partial charge >= 0.3 is 0 Å². The molecule has 0 aromatic heterocycles. The molecule has 1 aliphatic carbocycles. The molecule has 0 spiro atoms. The minimum Gasteiger partial charge on any atom is -0.389 e. The second-order valence-corrected chi connectivity index (χ2v) is 4.09. The van der Waals surface area contributed by atoms with Crippen molar-refractivity contribution in [3.63, 3.8) is 0 Å². The topological polar surface area (TPSA) is 20.2 Å². The van der Waals surface area contributed by atoms with Gasteiger partial charge in [0.25, 0.3) is 0 Å². The van der Waals surface area contributed by atoms with Crippen molar-refractivity contribution < 1.29 is 5.11 Å². The predicted molar refractivity (Wildman–Crippen MR) is 65.7 cm³/mol. The Morgan fingerprint density at radius 2 is 1.47 bits per heavy atom. The van der Waals surface area contributed by atoms with Gasteiger partial charge in [0.05, 0.1) is 6.10 Å². The number of aliphatic hydroxyl groups is 1. The van der Waals surface area contributed by atoms with E-state index < -0.39 is 0 Å². The molecule has 1 heteroatoms. The smallest absolute Gasteiger partial charge is 0.0722 e. The Morgan fingerprint density at radius 3 is 2.07 bits per heavy atom. The molecule has 1 unspecified atom stereocenters. The largest absolute Gasteiger partial charge is 0.389 e. The van der Waals surface area contributed by atoms with Crippen LogP contribution in [0.2, 0.25) is 0 Å². The van der Waals surface area contributed by atoms with E-state index in [-0.39, 0.29) is 6.10 Å². The molecule has 0 bridgehead atoms. The zero-order valence-electron chi connectivity index (χ0n) is 9.65. The third-order valence-electron chi connectivity index (χ3n) is 2.71. The molecule has 1 N–H and O–H groups in total. The Hall–Kier alpha value is -0.820. The van der Waals surface area contributed by atoms with Crippen LogP contribution in [0.5, 0.6) is 0 Å². The van der Waals surface area contributed by atoms with Crippen molar-refractivity contribution in [2.75, 3.05) is 0 Å². The Morgan fingerprint density at radius 1 is 0.933 bits per heavy atom. The van der Waals surface area contributed by atoms with Crippen molar-refractivity contribution >= 4 is 0 Å². The first kappa shape index (κ1) is 12.3. The fourth-order valence-electron chi connectivity index (χ4n) is 1.76. The molecule has 0 aromatic carbocycles. The molecule has 0 fully saturated rings. The minimum absolute atomic E-state index is 0.287. The van der Waals surface area contributed by atoms with Gasteiger partial charge in [-0.25, -0.2) is 0 Å². The van der Waals surface area contributed by atoms with E-state index in [2.05, 4.69) is 30.4 Å². The van der Waals surface area contributed by atoms with Gasteiger partial charge in [-0.3, -0.25) is 0 Å². The van der Waals surface area contributed by atoms with E-state index in [1.807, 2.05) is 6.92 Å². The molecule has 0 saturated carbocycles.